The summed E-state index contributed by atoms with van der Waals surface area (Å²) >= 11 is 0. The van der Waals surface area contributed by atoms with Crippen LogP contribution < -0.4 is 10.6 Å². The van der Waals surface area contributed by atoms with Crippen molar-refractivity contribution in [3.05, 3.63) is 29.8 Å². The number of hydrogen-bond donors (Lipinski definition) is 2. The van der Waals surface area contributed by atoms with E-state index in [1.54, 1.807) is 26.0 Å². The van der Waals surface area contributed by atoms with Gasteiger partial charge in [-0.3, -0.25) is 15.0 Å². The highest BCUT2D eigenvalue weighted by Crippen LogP contribution is 2.23. The fourth-order valence-electron chi connectivity index (χ4n) is 3.27. The van der Waals surface area contributed by atoms with Gasteiger partial charge < -0.3 is 5.32 Å². The van der Waals surface area contributed by atoms with E-state index in [-0.39, 0.29) is 0 Å². The predicted molar refractivity (Wildman–Crippen MR) is 112 cm³/mol. The lowest BCUT2D eigenvalue weighted by Gasteiger charge is -2.36. The third-order valence-electron chi connectivity index (χ3n) is 5.47. The number of amides is 3. The molecule has 29 heavy (non-hydrogen) atoms. The molecule has 0 radical (unpaired) electrons. The van der Waals surface area contributed by atoms with E-state index >= 15 is 0 Å². The zero-order valence-electron chi connectivity index (χ0n) is 17.6. The molecule has 1 aromatic carbocycles. The molecule has 2 rings (SSSR count). The summed E-state index contributed by atoms with van der Waals surface area (Å²) in [4.78, 5) is 25.9. The van der Waals surface area contributed by atoms with Gasteiger partial charge in [-0.25, -0.2) is 13.2 Å². The Labute approximate surface area is 173 Å². The molecule has 162 valence electrons. The van der Waals surface area contributed by atoms with Crippen LogP contribution in [0.3, 0.4) is 0 Å². The molecule has 1 saturated heterocycles. The maximum atomic E-state index is 12.9. The Morgan fingerprint density at radius 2 is 1.62 bits per heavy atom. The Balaban J connectivity index is 1.97. The van der Waals surface area contributed by atoms with Gasteiger partial charge in [0.05, 0.1) is 10.9 Å². The number of carbonyl (C=O) groups is 2. The second-order valence-corrected chi connectivity index (χ2v) is 9.28. The zero-order chi connectivity index (χ0) is 21.6. The maximum Gasteiger partial charge on any atom is 0.321 e. The van der Waals surface area contributed by atoms with Gasteiger partial charge in [0.1, 0.15) is 0 Å². The van der Waals surface area contributed by atoms with Crippen LogP contribution in [0.5, 0.6) is 0 Å². The fourth-order valence-corrected chi connectivity index (χ4v) is 4.69. The SMILES string of the molecule is CCNC(=O)NC(=O)C(C)N1CCN(S(=O)(=O)c2ccc(C(C)CC)cc2)CC1. The van der Waals surface area contributed by atoms with Crippen molar-refractivity contribution in [2.45, 2.75) is 51.0 Å². The van der Waals surface area contributed by atoms with Crippen LogP contribution in [0.1, 0.15) is 45.6 Å². The lowest BCUT2D eigenvalue weighted by Crippen LogP contribution is -2.56. The first-order chi connectivity index (χ1) is 13.7. The molecule has 1 heterocycles. The van der Waals surface area contributed by atoms with Crippen LogP contribution in [-0.2, 0) is 14.8 Å². The molecule has 8 nitrogen and oxygen atoms in total. The minimum atomic E-state index is -3.56. The highest BCUT2D eigenvalue weighted by atomic mass is 32.2. The number of sulfonamides is 1. The molecular formula is C20H32N4O4S. The summed E-state index contributed by atoms with van der Waals surface area (Å²) in [6, 6.07) is 6.07. The summed E-state index contributed by atoms with van der Waals surface area (Å²) in [5.41, 5.74) is 1.13. The lowest BCUT2D eigenvalue weighted by molar-refractivity contribution is -0.125. The van der Waals surface area contributed by atoms with Crippen molar-refractivity contribution in [3.63, 3.8) is 0 Å². The molecule has 3 amide bonds. The Bertz CT molecular complexity index is 802. The Hall–Kier alpha value is -1.97. The van der Waals surface area contributed by atoms with Crippen molar-refractivity contribution >= 4 is 22.0 Å². The van der Waals surface area contributed by atoms with Gasteiger partial charge in [0, 0.05) is 32.7 Å². The average molecular weight is 425 g/mol. The van der Waals surface area contributed by atoms with E-state index in [1.165, 1.54) is 4.31 Å². The second kappa shape index (κ2) is 10.2. The smallest absolute Gasteiger partial charge is 0.321 e. The monoisotopic (exact) mass is 424 g/mol. The highest BCUT2D eigenvalue weighted by molar-refractivity contribution is 7.89. The third kappa shape index (κ3) is 5.77. The van der Waals surface area contributed by atoms with Crippen LogP contribution in [-0.4, -0.2) is 68.3 Å². The number of urea groups is 1. The van der Waals surface area contributed by atoms with Crippen molar-refractivity contribution in [1.29, 1.82) is 0 Å². The summed E-state index contributed by atoms with van der Waals surface area (Å²) in [6.45, 7) is 9.59. The van der Waals surface area contributed by atoms with Crippen molar-refractivity contribution in [2.75, 3.05) is 32.7 Å². The normalized spacial score (nSPS) is 18.1. The molecule has 9 heteroatoms. The molecule has 0 aliphatic carbocycles. The van der Waals surface area contributed by atoms with E-state index in [0.29, 0.717) is 43.5 Å². The fraction of sp³-hybridized carbons (Fsp3) is 0.600. The quantitative estimate of drug-likeness (QED) is 0.695. The maximum absolute atomic E-state index is 12.9. The number of rotatable bonds is 7. The van der Waals surface area contributed by atoms with Crippen LogP contribution in [0.4, 0.5) is 4.79 Å². The van der Waals surface area contributed by atoms with Crippen LogP contribution in [0, 0.1) is 0 Å². The summed E-state index contributed by atoms with van der Waals surface area (Å²) in [7, 11) is -3.56. The number of hydrogen-bond acceptors (Lipinski definition) is 5. The molecule has 1 fully saturated rings. The summed E-state index contributed by atoms with van der Waals surface area (Å²) < 4.78 is 27.3. The van der Waals surface area contributed by atoms with Crippen LogP contribution in [0.15, 0.2) is 29.2 Å². The van der Waals surface area contributed by atoms with Gasteiger partial charge in [-0.15, -0.1) is 0 Å². The number of imide groups is 1. The van der Waals surface area contributed by atoms with Crippen LogP contribution in [0.2, 0.25) is 0 Å². The van der Waals surface area contributed by atoms with Gasteiger partial charge in [-0.2, -0.15) is 4.31 Å². The molecule has 1 aliphatic heterocycles. The molecule has 2 N–H and O–H groups in total. The van der Waals surface area contributed by atoms with E-state index in [9.17, 15) is 18.0 Å². The first kappa shape index (κ1) is 23.3. The van der Waals surface area contributed by atoms with Gasteiger partial charge in [-0.1, -0.05) is 26.0 Å². The Morgan fingerprint density at radius 3 is 2.14 bits per heavy atom. The number of carbonyl (C=O) groups excluding carboxylic acids is 2. The largest absolute Gasteiger partial charge is 0.338 e. The van der Waals surface area contributed by atoms with E-state index in [1.807, 2.05) is 17.0 Å². The summed E-state index contributed by atoms with van der Waals surface area (Å²) in [5, 5.41) is 4.82. The Morgan fingerprint density at radius 1 is 1.03 bits per heavy atom. The molecule has 0 bridgehead atoms. The number of benzene rings is 1. The number of piperazine rings is 1. The molecule has 0 aromatic heterocycles. The van der Waals surface area contributed by atoms with E-state index in [4.69, 9.17) is 0 Å². The van der Waals surface area contributed by atoms with Crippen molar-refractivity contribution in [2.24, 2.45) is 0 Å². The van der Waals surface area contributed by atoms with Crippen molar-refractivity contribution in [3.8, 4) is 0 Å². The van der Waals surface area contributed by atoms with Crippen molar-refractivity contribution in [1.82, 2.24) is 19.8 Å². The average Bonchev–Trinajstić information content (AvgIpc) is 2.72. The first-order valence-electron chi connectivity index (χ1n) is 10.1. The van der Waals surface area contributed by atoms with Gasteiger partial charge in [0.25, 0.3) is 0 Å². The molecule has 0 spiro atoms. The van der Waals surface area contributed by atoms with Gasteiger partial charge >= 0.3 is 6.03 Å². The first-order valence-corrected chi connectivity index (χ1v) is 11.6. The van der Waals surface area contributed by atoms with Gasteiger partial charge in [0.2, 0.25) is 15.9 Å². The zero-order valence-corrected chi connectivity index (χ0v) is 18.5. The molecule has 1 aliphatic rings. The van der Waals surface area contributed by atoms with Gasteiger partial charge in [0.15, 0.2) is 0 Å². The summed E-state index contributed by atoms with van der Waals surface area (Å²) in [5.74, 6) is -0.00442. The minimum Gasteiger partial charge on any atom is -0.338 e. The highest BCUT2D eigenvalue weighted by Gasteiger charge is 2.32. The summed E-state index contributed by atoms with van der Waals surface area (Å²) in [6.07, 6.45) is 1.000. The molecule has 0 saturated carbocycles. The number of nitrogens with zero attached hydrogens (tertiary/aromatic N) is 2. The molecule has 2 unspecified atom stereocenters. The second-order valence-electron chi connectivity index (χ2n) is 7.34. The van der Waals surface area contributed by atoms with E-state index in [2.05, 4.69) is 24.5 Å². The molecule has 1 aromatic rings. The van der Waals surface area contributed by atoms with Crippen molar-refractivity contribution < 1.29 is 18.0 Å². The van der Waals surface area contributed by atoms with Crippen LogP contribution in [0.25, 0.3) is 0 Å². The minimum absolute atomic E-state index is 0.292. The molecular weight excluding hydrogens is 392 g/mol. The van der Waals surface area contributed by atoms with E-state index in [0.717, 1.165) is 12.0 Å². The number of nitrogens with one attached hydrogen (secondary N) is 2. The Kier molecular flexibility index (Phi) is 8.18. The van der Waals surface area contributed by atoms with Gasteiger partial charge in [-0.05, 0) is 43.9 Å². The standard InChI is InChI=1S/C20H32N4O4S/c1-5-15(3)17-7-9-18(10-8-17)29(27,28)24-13-11-23(12-14-24)16(4)19(25)22-20(26)21-6-2/h7-10,15-16H,5-6,11-14H2,1-4H3,(H2,21,22,25,26). The predicted octanol–water partition coefficient (Wildman–Crippen LogP) is 1.74. The van der Waals surface area contributed by atoms with E-state index < -0.39 is 28.0 Å². The topological polar surface area (TPSA) is 98.8 Å². The van der Waals surface area contributed by atoms with Crippen LogP contribution >= 0.6 is 0 Å². The third-order valence-corrected chi connectivity index (χ3v) is 7.39. The molecule has 2 atom stereocenters. The lowest BCUT2D eigenvalue weighted by atomic mass is 9.99.